The highest BCUT2D eigenvalue weighted by Crippen LogP contribution is 2.34. The van der Waals surface area contributed by atoms with Gasteiger partial charge in [0.2, 0.25) is 0 Å². The van der Waals surface area contributed by atoms with Gasteiger partial charge in [0.05, 0.1) is 11.4 Å². The molecule has 2 amide bonds. The van der Waals surface area contributed by atoms with Crippen molar-refractivity contribution in [1.82, 2.24) is 14.7 Å². The molecule has 1 saturated heterocycles. The molecule has 2 N–H and O–H groups in total. The minimum atomic E-state index is -0.519. The highest BCUT2D eigenvalue weighted by atomic mass is 19.1. The maximum atomic E-state index is 14.0. The number of nitrogens with zero attached hydrogens (tertiary/aromatic N) is 3. The lowest BCUT2D eigenvalue weighted by atomic mass is 10.1. The maximum absolute atomic E-state index is 14.0. The Morgan fingerprint density at radius 1 is 1.09 bits per heavy atom. The van der Waals surface area contributed by atoms with Gasteiger partial charge >= 0.3 is 6.03 Å². The number of benzene rings is 2. The molecule has 168 valence electrons. The van der Waals surface area contributed by atoms with Gasteiger partial charge in [-0.05, 0) is 68.8 Å². The van der Waals surface area contributed by atoms with Crippen LogP contribution in [0.15, 0.2) is 48.7 Å². The highest BCUT2D eigenvalue weighted by molar-refractivity contribution is 6.00. The molecule has 2 heterocycles. The summed E-state index contributed by atoms with van der Waals surface area (Å²) in [7, 11) is 3.98. The fraction of sp³-hybridized carbons (Fsp3) is 0.333. The molecule has 4 rings (SSSR count). The van der Waals surface area contributed by atoms with Gasteiger partial charge in [0.1, 0.15) is 17.7 Å². The number of amides is 2. The fourth-order valence-corrected chi connectivity index (χ4v) is 3.85. The van der Waals surface area contributed by atoms with E-state index in [1.165, 1.54) is 6.07 Å². The van der Waals surface area contributed by atoms with E-state index < -0.39 is 11.8 Å². The molecule has 1 aliphatic heterocycles. The molecule has 8 heteroatoms. The predicted molar refractivity (Wildman–Crippen MR) is 124 cm³/mol. The van der Waals surface area contributed by atoms with Crippen molar-refractivity contribution in [3.63, 3.8) is 0 Å². The van der Waals surface area contributed by atoms with Crippen molar-refractivity contribution in [3.05, 3.63) is 60.0 Å². The largest absolute Gasteiger partial charge is 0.490 e. The van der Waals surface area contributed by atoms with Crippen molar-refractivity contribution in [2.24, 2.45) is 7.05 Å². The number of aromatic nitrogens is 2. The summed E-state index contributed by atoms with van der Waals surface area (Å²) in [6, 6.07) is 11.5. The molecule has 0 spiro atoms. The maximum Gasteiger partial charge on any atom is 0.323 e. The number of nitrogens with one attached hydrogen (secondary N) is 2. The van der Waals surface area contributed by atoms with Crippen molar-refractivity contribution in [1.29, 1.82) is 0 Å². The summed E-state index contributed by atoms with van der Waals surface area (Å²) < 4.78 is 22.1. The monoisotopic (exact) mass is 437 g/mol. The minimum Gasteiger partial charge on any atom is -0.490 e. The molecule has 0 unspecified atom stereocenters. The first-order chi connectivity index (χ1) is 15.4. The Bertz CT molecular complexity index is 1110. The smallest absolute Gasteiger partial charge is 0.323 e. The standard InChI is InChI=1S/C24H28FN5O2/c1-16-4-6-20(25)21(14-16)28-24(31)27-17-5-7-23(32-18-9-12-29(2)13-10-18)19(15-17)22-8-11-26-30(22)3/h4-8,11,14-15,18H,9-10,12-13H2,1-3H3,(H2,27,28,31). The molecule has 1 fully saturated rings. The van der Waals surface area contributed by atoms with Gasteiger partial charge in [0.25, 0.3) is 0 Å². The second-order valence-corrected chi connectivity index (χ2v) is 8.23. The van der Waals surface area contributed by atoms with Gasteiger partial charge in [0, 0.05) is 37.6 Å². The number of carbonyl (C=O) groups is 1. The number of halogens is 1. The van der Waals surface area contributed by atoms with Gasteiger partial charge in [-0.25, -0.2) is 9.18 Å². The van der Waals surface area contributed by atoms with Gasteiger partial charge in [-0.1, -0.05) is 6.07 Å². The van der Waals surface area contributed by atoms with E-state index in [4.69, 9.17) is 4.74 Å². The van der Waals surface area contributed by atoms with Crippen molar-refractivity contribution in [2.75, 3.05) is 30.8 Å². The Balaban J connectivity index is 1.55. The number of hydrogen-bond acceptors (Lipinski definition) is 4. The first-order valence-corrected chi connectivity index (χ1v) is 10.7. The molecule has 0 radical (unpaired) electrons. The third-order valence-electron chi connectivity index (χ3n) is 5.66. The fourth-order valence-electron chi connectivity index (χ4n) is 3.85. The summed E-state index contributed by atoms with van der Waals surface area (Å²) in [5.74, 6) is 0.266. The minimum absolute atomic E-state index is 0.136. The lowest BCUT2D eigenvalue weighted by Gasteiger charge is -2.30. The number of piperidine rings is 1. The molecule has 0 aliphatic carbocycles. The van der Waals surface area contributed by atoms with Gasteiger partial charge in [-0.3, -0.25) is 4.68 Å². The van der Waals surface area contributed by atoms with E-state index in [1.807, 2.05) is 32.2 Å². The Hall–Kier alpha value is -3.39. The Morgan fingerprint density at radius 3 is 2.59 bits per heavy atom. The lowest BCUT2D eigenvalue weighted by molar-refractivity contribution is 0.115. The van der Waals surface area contributed by atoms with Crippen molar-refractivity contribution in [3.8, 4) is 17.0 Å². The average Bonchev–Trinajstić information content (AvgIpc) is 3.19. The Morgan fingerprint density at radius 2 is 1.88 bits per heavy atom. The Kier molecular flexibility index (Phi) is 6.41. The molecule has 1 aliphatic rings. The Labute approximate surface area is 187 Å². The first-order valence-electron chi connectivity index (χ1n) is 10.7. The molecule has 0 saturated carbocycles. The van der Waals surface area contributed by atoms with Gasteiger partial charge in [0.15, 0.2) is 0 Å². The van der Waals surface area contributed by atoms with Crippen LogP contribution < -0.4 is 15.4 Å². The van der Waals surface area contributed by atoms with E-state index in [0.717, 1.165) is 48.5 Å². The second kappa shape index (κ2) is 9.40. The van der Waals surface area contributed by atoms with E-state index in [2.05, 4.69) is 27.7 Å². The van der Waals surface area contributed by atoms with E-state index in [-0.39, 0.29) is 11.8 Å². The molecule has 7 nitrogen and oxygen atoms in total. The summed E-state index contributed by atoms with van der Waals surface area (Å²) in [6.07, 6.45) is 3.80. The zero-order valence-electron chi connectivity index (χ0n) is 18.6. The SMILES string of the molecule is Cc1ccc(F)c(NC(=O)Nc2ccc(OC3CCN(C)CC3)c(-c3ccnn3C)c2)c1. The topological polar surface area (TPSA) is 71.4 Å². The van der Waals surface area contributed by atoms with Gasteiger partial charge in [-0.2, -0.15) is 5.10 Å². The van der Waals surface area contributed by atoms with Gasteiger partial charge in [-0.15, -0.1) is 0 Å². The number of anilines is 2. The van der Waals surface area contributed by atoms with Crippen LogP contribution in [0.3, 0.4) is 0 Å². The highest BCUT2D eigenvalue weighted by Gasteiger charge is 2.21. The van der Waals surface area contributed by atoms with Crippen LogP contribution >= 0.6 is 0 Å². The average molecular weight is 438 g/mol. The normalized spacial score (nSPS) is 14.9. The number of rotatable bonds is 5. The molecule has 3 aromatic rings. The molecule has 32 heavy (non-hydrogen) atoms. The molecule has 0 bridgehead atoms. The summed E-state index contributed by atoms with van der Waals surface area (Å²) in [6.45, 7) is 3.84. The van der Waals surface area contributed by atoms with Crippen LogP contribution in [0.5, 0.6) is 5.75 Å². The summed E-state index contributed by atoms with van der Waals surface area (Å²) >= 11 is 0. The van der Waals surface area contributed by atoms with Crippen molar-refractivity contribution < 1.29 is 13.9 Å². The summed E-state index contributed by atoms with van der Waals surface area (Å²) in [4.78, 5) is 14.8. The number of likely N-dealkylation sites (tertiary alicyclic amines) is 1. The quantitative estimate of drug-likeness (QED) is 0.610. The van der Waals surface area contributed by atoms with Crippen LogP contribution in [0, 0.1) is 12.7 Å². The van der Waals surface area contributed by atoms with Crippen LogP contribution in [0.2, 0.25) is 0 Å². The molecule has 2 aromatic carbocycles. The van der Waals surface area contributed by atoms with E-state index in [1.54, 1.807) is 29.1 Å². The van der Waals surface area contributed by atoms with Crippen molar-refractivity contribution in [2.45, 2.75) is 25.9 Å². The van der Waals surface area contributed by atoms with Crippen LogP contribution in [0.25, 0.3) is 11.3 Å². The number of carbonyl (C=O) groups excluding carboxylic acids is 1. The van der Waals surface area contributed by atoms with Crippen molar-refractivity contribution >= 4 is 17.4 Å². The molecular weight excluding hydrogens is 409 g/mol. The van der Waals surface area contributed by atoms with Crippen LogP contribution in [-0.2, 0) is 7.05 Å². The number of ether oxygens (including phenoxy) is 1. The summed E-state index contributed by atoms with van der Waals surface area (Å²) in [5, 5.41) is 9.63. The third kappa shape index (κ3) is 5.08. The second-order valence-electron chi connectivity index (χ2n) is 8.23. The van der Waals surface area contributed by atoms with E-state index in [9.17, 15) is 9.18 Å². The van der Waals surface area contributed by atoms with E-state index in [0.29, 0.717) is 5.69 Å². The van der Waals surface area contributed by atoms with Crippen LogP contribution in [0.1, 0.15) is 18.4 Å². The molecule has 1 aromatic heterocycles. The van der Waals surface area contributed by atoms with Crippen LogP contribution in [-0.4, -0.2) is 47.0 Å². The molecular formula is C24H28FN5O2. The predicted octanol–water partition coefficient (Wildman–Crippen LogP) is 4.65. The lowest BCUT2D eigenvalue weighted by Crippen LogP contribution is -2.35. The third-order valence-corrected chi connectivity index (χ3v) is 5.66. The zero-order valence-corrected chi connectivity index (χ0v) is 18.6. The number of aryl methyl sites for hydroxylation is 2. The first kappa shape index (κ1) is 21.8. The number of hydrogen-bond donors (Lipinski definition) is 2. The zero-order chi connectivity index (χ0) is 22.7. The van der Waals surface area contributed by atoms with Gasteiger partial charge < -0.3 is 20.3 Å². The van der Waals surface area contributed by atoms with E-state index >= 15 is 0 Å². The summed E-state index contributed by atoms with van der Waals surface area (Å²) in [5.41, 5.74) is 3.28. The molecule has 0 atom stereocenters. The number of urea groups is 1. The van der Waals surface area contributed by atoms with Crippen LogP contribution in [0.4, 0.5) is 20.6 Å².